The number of anilines is 1. The van der Waals surface area contributed by atoms with Crippen LogP contribution in [0, 0.1) is 0 Å². The van der Waals surface area contributed by atoms with Crippen molar-refractivity contribution in [3.8, 4) is 5.69 Å². The number of aromatic nitrogens is 3. The quantitative estimate of drug-likeness (QED) is 0.757. The van der Waals surface area contributed by atoms with Gasteiger partial charge < -0.3 is 10.2 Å². The van der Waals surface area contributed by atoms with E-state index in [1.165, 1.54) is 6.42 Å². The molecule has 10 heteroatoms. The molecule has 0 saturated carbocycles. The molecule has 146 valence electrons. The number of carbonyl (C=O) groups excluding carboxylic acids is 1. The van der Waals surface area contributed by atoms with Gasteiger partial charge in [-0.3, -0.25) is 9.36 Å². The fraction of sp³-hybridized carbons (Fsp3) is 0.471. The molecule has 0 aliphatic carbocycles. The summed E-state index contributed by atoms with van der Waals surface area (Å²) >= 11 is 1.07. The zero-order valence-electron chi connectivity index (χ0n) is 14.6. The lowest BCUT2D eigenvalue weighted by Gasteiger charge is -2.27. The molecule has 0 bridgehead atoms. The van der Waals surface area contributed by atoms with Crippen LogP contribution in [0.15, 0.2) is 35.5 Å². The SMILES string of the molecule is O=C(CSc1nnc(N2CCCCC2)n1-c1ccccc1)NCC(F)(F)F. The maximum atomic E-state index is 12.2. The van der Waals surface area contributed by atoms with E-state index in [4.69, 9.17) is 0 Å². The van der Waals surface area contributed by atoms with E-state index in [1.807, 2.05) is 40.2 Å². The van der Waals surface area contributed by atoms with E-state index in [-0.39, 0.29) is 5.75 Å². The zero-order chi connectivity index (χ0) is 19.3. The van der Waals surface area contributed by atoms with Crippen LogP contribution in [0.1, 0.15) is 19.3 Å². The topological polar surface area (TPSA) is 63.1 Å². The van der Waals surface area contributed by atoms with E-state index in [0.29, 0.717) is 11.1 Å². The fourth-order valence-electron chi connectivity index (χ4n) is 2.84. The summed E-state index contributed by atoms with van der Waals surface area (Å²) in [6.45, 7) is 0.417. The van der Waals surface area contributed by atoms with E-state index >= 15 is 0 Å². The second kappa shape index (κ2) is 8.64. The highest BCUT2D eigenvalue weighted by Crippen LogP contribution is 2.28. The van der Waals surface area contributed by atoms with Gasteiger partial charge in [-0.25, -0.2) is 0 Å². The first kappa shape index (κ1) is 19.5. The lowest BCUT2D eigenvalue weighted by atomic mass is 10.1. The number of benzene rings is 1. The smallest absolute Gasteiger partial charge is 0.346 e. The Balaban J connectivity index is 1.76. The lowest BCUT2D eigenvalue weighted by molar-refractivity contribution is -0.136. The van der Waals surface area contributed by atoms with Gasteiger partial charge in [0.2, 0.25) is 11.9 Å². The second-order valence-corrected chi connectivity index (χ2v) is 7.12. The van der Waals surface area contributed by atoms with Crippen LogP contribution in [-0.4, -0.2) is 52.2 Å². The Morgan fingerprint density at radius 3 is 2.48 bits per heavy atom. The Morgan fingerprint density at radius 2 is 1.81 bits per heavy atom. The largest absolute Gasteiger partial charge is 0.405 e. The number of para-hydroxylation sites is 1. The Morgan fingerprint density at radius 1 is 1.11 bits per heavy atom. The number of piperidine rings is 1. The highest BCUT2D eigenvalue weighted by atomic mass is 32.2. The van der Waals surface area contributed by atoms with Gasteiger partial charge in [0.05, 0.1) is 11.4 Å². The third kappa shape index (κ3) is 5.38. The predicted molar refractivity (Wildman–Crippen MR) is 97.2 cm³/mol. The normalized spacial score (nSPS) is 15.0. The van der Waals surface area contributed by atoms with Crippen LogP contribution < -0.4 is 10.2 Å². The molecule has 6 nitrogen and oxygen atoms in total. The Bertz CT molecular complexity index is 760. The molecular weight excluding hydrogens is 379 g/mol. The molecule has 1 aromatic heterocycles. The molecule has 3 rings (SSSR count). The second-order valence-electron chi connectivity index (χ2n) is 6.18. The van der Waals surface area contributed by atoms with Crippen molar-refractivity contribution in [3.05, 3.63) is 30.3 Å². The van der Waals surface area contributed by atoms with Gasteiger partial charge in [0.1, 0.15) is 6.54 Å². The molecule has 1 aliphatic heterocycles. The standard InChI is InChI=1S/C17H20F3N5OS/c18-17(19,20)12-21-14(26)11-27-16-23-22-15(24-9-5-2-6-10-24)25(16)13-7-3-1-4-8-13/h1,3-4,7-8H,2,5-6,9-12H2,(H,21,26). The molecule has 1 fully saturated rings. The van der Waals surface area contributed by atoms with Crippen molar-refractivity contribution in [2.24, 2.45) is 0 Å². The van der Waals surface area contributed by atoms with E-state index in [1.54, 1.807) is 0 Å². The van der Waals surface area contributed by atoms with Crippen molar-refractivity contribution < 1.29 is 18.0 Å². The number of halogens is 3. The molecule has 0 unspecified atom stereocenters. The van der Waals surface area contributed by atoms with Gasteiger partial charge in [-0.2, -0.15) is 13.2 Å². The number of rotatable bonds is 6. The van der Waals surface area contributed by atoms with Gasteiger partial charge in [0, 0.05) is 13.1 Å². The first-order valence-corrected chi connectivity index (χ1v) is 9.64. The molecule has 1 N–H and O–H groups in total. The number of alkyl halides is 3. The average Bonchev–Trinajstić information content (AvgIpc) is 3.09. The van der Waals surface area contributed by atoms with Crippen molar-refractivity contribution in [1.82, 2.24) is 20.1 Å². The van der Waals surface area contributed by atoms with Gasteiger partial charge in [-0.15, -0.1) is 10.2 Å². The number of hydrogen-bond acceptors (Lipinski definition) is 5. The van der Waals surface area contributed by atoms with E-state index in [0.717, 1.165) is 43.4 Å². The molecule has 27 heavy (non-hydrogen) atoms. The molecule has 1 amide bonds. The molecule has 1 saturated heterocycles. The van der Waals surface area contributed by atoms with Crippen molar-refractivity contribution in [2.45, 2.75) is 30.6 Å². The molecule has 0 spiro atoms. The number of carbonyl (C=O) groups is 1. The lowest BCUT2D eigenvalue weighted by Crippen LogP contribution is -2.34. The van der Waals surface area contributed by atoms with Gasteiger partial charge in [0.25, 0.3) is 0 Å². The molecule has 1 aromatic carbocycles. The van der Waals surface area contributed by atoms with Crippen molar-refractivity contribution >= 4 is 23.6 Å². The average molecular weight is 399 g/mol. The third-order valence-electron chi connectivity index (χ3n) is 4.09. The summed E-state index contributed by atoms with van der Waals surface area (Å²) in [6, 6.07) is 9.49. The predicted octanol–water partition coefficient (Wildman–Crippen LogP) is 3.03. The fourth-order valence-corrected chi connectivity index (χ4v) is 3.61. The highest BCUT2D eigenvalue weighted by molar-refractivity contribution is 7.99. The minimum absolute atomic E-state index is 0.166. The van der Waals surface area contributed by atoms with E-state index < -0.39 is 18.6 Å². The number of amides is 1. The van der Waals surface area contributed by atoms with Crippen molar-refractivity contribution in [2.75, 3.05) is 30.3 Å². The number of thioether (sulfide) groups is 1. The molecular formula is C17H20F3N5OS. The first-order valence-electron chi connectivity index (χ1n) is 8.66. The molecule has 1 aliphatic rings. The monoisotopic (exact) mass is 399 g/mol. The third-order valence-corrected chi connectivity index (χ3v) is 5.02. The minimum Gasteiger partial charge on any atom is -0.346 e. The first-order chi connectivity index (χ1) is 12.9. The molecule has 2 aromatic rings. The summed E-state index contributed by atoms with van der Waals surface area (Å²) in [7, 11) is 0. The summed E-state index contributed by atoms with van der Waals surface area (Å²) < 4.78 is 38.5. The van der Waals surface area contributed by atoms with Crippen LogP contribution >= 0.6 is 11.8 Å². The van der Waals surface area contributed by atoms with Crippen LogP contribution in [0.3, 0.4) is 0 Å². The Labute approximate surface area is 159 Å². The number of nitrogens with one attached hydrogen (secondary N) is 1. The van der Waals surface area contributed by atoms with Crippen molar-refractivity contribution in [1.29, 1.82) is 0 Å². The van der Waals surface area contributed by atoms with E-state index in [9.17, 15) is 18.0 Å². The van der Waals surface area contributed by atoms with Gasteiger partial charge in [-0.05, 0) is 31.4 Å². The van der Waals surface area contributed by atoms with Crippen LogP contribution in [0.5, 0.6) is 0 Å². The van der Waals surface area contributed by atoms with E-state index in [2.05, 4.69) is 15.1 Å². The van der Waals surface area contributed by atoms with Crippen LogP contribution in [0.2, 0.25) is 0 Å². The summed E-state index contributed by atoms with van der Waals surface area (Å²) in [5, 5.41) is 10.8. The van der Waals surface area contributed by atoms with Gasteiger partial charge >= 0.3 is 6.18 Å². The van der Waals surface area contributed by atoms with Crippen LogP contribution in [0.4, 0.5) is 19.1 Å². The maximum absolute atomic E-state index is 12.2. The number of hydrogen-bond donors (Lipinski definition) is 1. The molecule has 0 radical (unpaired) electrons. The summed E-state index contributed by atoms with van der Waals surface area (Å²) in [5.74, 6) is -0.167. The summed E-state index contributed by atoms with van der Waals surface area (Å²) in [6.07, 6.45) is -1.10. The Hall–Kier alpha value is -2.23. The number of nitrogens with zero attached hydrogens (tertiary/aromatic N) is 4. The zero-order valence-corrected chi connectivity index (χ0v) is 15.4. The minimum atomic E-state index is -4.42. The van der Waals surface area contributed by atoms with Crippen LogP contribution in [0.25, 0.3) is 5.69 Å². The van der Waals surface area contributed by atoms with Crippen LogP contribution in [-0.2, 0) is 4.79 Å². The molecule has 2 heterocycles. The van der Waals surface area contributed by atoms with Gasteiger partial charge in [0.15, 0.2) is 5.16 Å². The van der Waals surface area contributed by atoms with Gasteiger partial charge in [-0.1, -0.05) is 30.0 Å². The summed E-state index contributed by atoms with van der Waals surface area (Å²) in [4.78, 5) is 13.9. The summed E-state index contributed by atoms with van der Waals surface area (Å²) in [5.41, 5.74) is 0.848. The highest BCUT2D eigenvalue weighted by Gasteiger charge is 2.28. The maximum Gasteiger partial charge on any atom is 0.405 e. The Kier molecular flexibility index (Phi) is 6.25. The van der Waals surface area contributed by atoms with Crippen molar-refractivity contribution in [3.63, 3.8) is 0 Å². The molecule has 0 atom stereocenters.